The van der Waals surface area contributed by atoms with Crippen LogP contribution < -0.4 is 54.0 Å². The molecule has 2 aromatic rings. The van der Waals surface area contributed by atoms with Crippen LogP contribution in [-0.4, -0.2) is 64.7 Å². The summed E-state index contributed by atoms with van der Waals surface area (Å²) in [4.78, 5) is 44.9. The predicted octanol–water partition coefficient (Wildman–Crippen LogP) is -1.83. The Morgan fingerprint density at radius 2 is 1.62 bits per heavy atom. The summed E-state index contributed by atoms with van der Waals surface area (Å²) in [6.07, 6.45) is 0.169. The Morgan fingerprint density at radius 1 is 1.03 bits per heavy atom. The van der Waals surface area contributed by atoms with Gasteiger partial charge in [0.15, 0.2) is 0 Å². The molecule has 15 heteroatoms. The number of rotatable bonds is 8. The average molecular weight is 504 g/mol. The van der Waals surface area contributed by atoms with Crippen molar-refractivity contribution in [2.24, 2.45) is 0 Å². The second-order valence-electron chi connectivity index (χ2n) is 6.31. The van der Waals surface area contributed by atoms with E-state index >= 15 is 0 Å². The van der Waals surface area contributed by atoms with E-state index < -0.39 is 26.9 Å². The van der Waals surface area contributed by atoms with Crippen molar-refractivity contribution in [2.75, 3.05) is 38.6 Å². The van der Waals surface area contributed by atoms with Gasteiger partial charge in [0.25, 0.3) is 10.0 Å². The number of nitrogens with zero attached hydrogens (tertiary/aromatic N) is 3. The van der Waals surface area contributed by atoms with Crippen LogP contribution in [-0.2, 0) is 19.6 Å². The molecule has 0 radical (unpaired) electrons. The molecule has 3 amide bonds. The van der Waals surface area contributed by atoms with Crippen LogP contribution in [0.1, 0.15) is 23.7 Å². The van der Waals surface area contributed by atoms with Crippen LogP contribution >= 0.6 is 0 Å². The number of aromatic nitrogens is 2. The number of benzene rings is 1. The first-order valence-electron chi connectivity index (χ1n) is 9.36. The molecule has 0 aliphatic heterocycles. The summed E-state index contributed by atoms with van der Waals surface area (Å²) in [7, 11) is 0.582. The van der Waals surface area contributed by atoms with E-state index in [9.17, 15) is 22.8 Å². The number of carbonyl (C=O) groups excluding carboxylic acids is 3. The Hall–Kier alpha value is -2.94. The third kappa shape index (κ3) is 7.03. The molecule has 178 valence electrons. The van der Waals surface area contributed by atoms with Gasteiger partial charge in [-0.2, -0.15) is 9.97 Å². The molecule has 0 saturated carbocycles. The first-order valence-corrected chi connectivity index (χ1v) is 10.8. The predicted molar refractivity (Wildman–Crippen MR) is 116 cm³/mol. The minimum Gasteiger partial charge on any atom is -0.481 e. The zero-order valence-electron chi connectivity index (χ0n) is 19.5. The Kier molecular flexibility index (Phi) is 10.7. The molecule has 1 aromatic heterocycles. The van der Waals surface area contributed by atoms with Gasteiger partial charge < -0.3 is 19.1 Å². The number of carbonyl (C=O) groups is 3. The quantitative estimate of drug-likeness (QED) is 0.308. The smallest absolute Gasteiger partial charge is 0.481 e. The van der Waals surface area contributed by atoms with Crippen molar-refractivity contribution < 1.29 is 66.6 Å². The van der Waals surface area contributed by atoms with Gasteiger partial charge >= 0.3 is 41.6 Å². The third-order valence-corrected chi connectivity index (χ3v) is 5.64. The van der Waals surface area contributed by atoms with Gasteiger partial charge in [-0.25, -0.2) is 22.7 Å². The fourth-order valence-corrected chi connectivity index (χ4v) is 3.70. The molecule has 1 heterocycles. The summed E-state index contributed by atoms with van der Waals surface area (Å²) in [5, 5.41) is 2.15. The summed E-state index contributed by atoms with van der Waals surface area (Å²) in [6.45, 7) is 1.64. The van der Waals surface area contributed by atoms with Crippen LogP contribution in [0.25, 0.3) is 0 Å². The first kappa shape index (κ1) is 29.1. The Balaban J connectivity index is 0.00000578. The average Bonchev–Trinajstić information content (AvgIpc) is 2.81. The molecule has 0 bridgehead atoms. The van der Waals surface area contributed by atoms with E-state index in [4.69, 9.17) is 9.47 Å². The van der Waals surface area contributed by atoms with Crippen molar-refractivity contribution in [1.82, 2.24) is 14.7 Å². The van der Waals surface area contributed by atoms with Gasteiger partial charge in [0.1, 0.15) is 4.90 Å². The zero-order valence-corrected chi connectivity index (χ0v) is 22.3. The van der Waals surface area contributed by atoms with Crippen molar-refractivity contribution in [3.63, 3.8) is 0 Å². The minimum absolute atomic E-state index is 0. The maximum absolute atomic E-state index is 13.0. The molecule has 2 rings (SSSR count). The number of hydrogen-bond acceptors (Lipinski definition) is 10. The number of amides is 3. The van der Waals surface area contributed by atoms with E-state index in [1.165, 1.54) is 44.4 Å². The van der Waals surface area contributed by atoms with Crippen molar-refractivity contribution in [3.05, 3.63) is 29.8 Å². The van der Waals surface area contributed by atoms with Crippen molar-refractivity contribution in [3.8, 4) is 11.8 Å². The van der Waals surface area contributed by atoms with Gasteiger partial charge in [-0.1, -0.05) is 6.92 Å². The normalized spacial score (nSPS) is 10.4. The van der Waals surface area contributed by atoms with E-state index in [0.29, 0.717) is 0 Å². The molecule has 13 nitrogen and oxygen atoms in total. The van der Waals surface area contributed by atoms with Gasteiger partial charge in [0.05, 0.1) is 33.0 Å². The number of anilines is 2. The van der Waals surface area contributed by atoms with Crippen molar-refractivity contribution >= 4 is 39.6 Å². The summed E-state index contributed by atoms with van der Waals surface area (Å²) in [5.74, 6) is -1.42. The van der Waals surface area contributed by atoms with Crippen LogP contribution in [0.2, 0.25) is 0 Å². The number of sulfonamides is 1. The fourth-order valence-electron chi connectivity index (χ4n) is 2.57. The zero-order chi connectivity index (χ0) is 24.8. The summed E-state index contributed by atoms with van der Waals surface area (Å²) < 4.78 is 42.3. The molecule has 0 atom stereocenters. The molecule has 34 heavy (non-hydrogen) atoms. The fraction of sp³-hybridized carbons (Fsp3) is 0.316. The van der Waals surface area contributed by atoms with Crippen molar-refractivity contribution in [1.29, 1.82) is 0 Å². The minimum atomic E-state index is -4.60. The number of methoxy groups -OCH3 is 3. The van der Waals surface area contributed by atoms with Gasteiger partial charge in [-0.3, -0.25) is 10.1 Å². The second-order valence-corrected chi connectivity index (χ2v) is 7.97. The van der Waals surface area contributed by atoms with Crippen LogP contribution in [0.3, 0.4) is 0 Å². The monoisotopic (exact) mass is 504 g/mol. The van der Waals surface area contributed by atoms with Crippen LogP contribution in [0.15, 0.2) is 29.2 Å². The topological polar surface area (TPSA) is 166 Å². The maximum atomic E-state index is 13.0. The Morgan fingerprint density at radius 3 is 2.12 bits per heavy atom. The molecular formula is C19H23N5NaO8S+. The number of esters is 1. The number of urea groups is 1. The summed E-state index contributed by atoms with van der Waals surface area (Å²) >= 11 is 0. The molecule has 0 spiro atoms. The number of hydrogen-bond donors (Lipinski definition) is 2. The molecule has 0 aliphatic rings. The summed E-state index contributed by atoms with van der Waals surface area (Å²) in [6, 6.07) is 3.78. The first-order chi connectivity index (χ1) is 15.6. The van der Waals surface area contributed by atoms with E-state index in [2.05, 4.69) is 20.0 Å². The van der Waals surface area contributed by atoms with Crippen LogP contribution in [0.4, 0.5) is 16.4 Å². The Bertz CT molecular complexity index is 1150. The van der Waals surface area contributed by atoms with Crippen molar-refractivity contribution in [2.45, 2.75) is 18.2 Å². The van der Waals surface area contributed by atoms with Crippen LogP contribution in [0, 0.1) is 0 Å². The van der Waals surface area contributed by atoms with Crippen LogP contribution in [0.5, 0.6) is 11.8 Å². The van der Waals surface area contributed by atoms with E-state index in [1.54, 1.807) is 11.6 Å². The summed E-state index contributed by atoms with van der Waals surface area (Å²) in [5.41, 5.74) is -0.144. The number of ether oxygens (including phenoxy) is 3. The van der Waals surface area contributed by atoms with Gasteiger partial charge in [0.2, 0.25) is 23.6 Å². The molecule has 0 aliphatic carbocycles. The second kappa shape index (κ2) is 12.5. The largest absolute Gasteiger partial charge is 1.00 e. The molecule has 0 fully saturated rings. The van der Waals surface area contributed by atoms with Gasteiger partial charge in [-0.15, -0.1) is 0 Å². The van der Waals surface area contributed by atoms with Gasteiger partial charge in [0, 0.05) is 19.2 Å². The van der Waals surface area contributed by atoms with E-state index in [-0.39, 0.29) is 70.8 Å². The molecule has 1 aromatic carbocycles. The van der Waals surface area contributed by atoms with E-state index in [1.807, 2.05) is 0 Å². The standard InChI is InChI=1S/C19H23N5O8S.Na/c1-6-16(25)24(2)11-7-8-12(17(26)32-5)13(9-11)33(28,29)23-19(27)22-18-20-14(30-3)10-15(21-18)31-4;/h7-10H,6H2,1-5H3,(H2,20,21,22,23,27);/q;+1. The molecule has 2 N–H and O–H groups in total. The third-order valence-electron chi connectivity index (χ3n) is 4.27. The SMILES string of the molecule is CCC(=O)N(C)c1ccc(C(=O)OC)c(S(=O)(=O)NC(=O)Nc2nc(OC)cc(OC)n2)c1.[Na+]. The maximum Gasteiger partial charge on any atom is 1.00 e. The molecule has 0 unspecified atom stereocenters. The number of nitrogens with one attached hydrogen (secondary N) is 2. The van der Waals surface area contributed by atoms with E-state index in [0.717, 1.165) is 13.2 Å². The Labute approximate surface area is 218 Å². The van der Waals surface area contributed by atoms with Gasteiger partial charge in [-0.05, 0) is 18.2 Å². The molecular weight excluding hydrogens is 481 g/mol. The molecule has 0 saturated heterocycles.